The van der Waals surface area contributed by atoms with E-state index >= 15 is 0 Å². The van der Waals surface area contributed by atoms with Crippen molar-refractivity contribution in [3.63, 3.8) is 0 Å². The van der Waals surface area contributed by atoms with Gasteiger partial charge < -0.3 is 15.1 Å². The van der Waals surface area contributed by atoms with Crippen molar-refractivity contribution in [3.8, 4) is 0 Å². The van der Waals surface area contributed by atoms with Gasteiger partial charge in [-0.25, -0.2) is 13.8 Å². The van der Waals surface area contributed by atoms with Crippen LogP contribution in [0.3, 0.4) is 0 Å². The predicted octanol–water partition coefficient (Wildman–Crippen LogP) is 2.35. The van der Waals surface area contributed by atoms with Crippen molar-refractivity contribution >= 4 is 35.8 Å². The van der Waals surface area contributed by atoms with Crippen LogP contribution in [-0.4, -0.2) is 53.9 Å². The van der Waals surface area contributed by atoms with Gasteiger partial charge in [-0.2, -0.15) is 0 Å². The van der Waals surface area contributed by atoms with Crippen LogP contribution >= 0.6 is 24.0 Å². The molecule has 2 fully saturated rings. The molecule has 1 amide bonds. The van der Waals surface area contributed by atoms with E-state index in [1.54, 1.807) is 0 Å². The van der Waals surface area contributed by atoms with Gasteiger partial charge in [-0.15, -0.1) is 24.0 Å². The Morgan fingerprint density at radius 3 is 2.72 bits per heavy atom. The van der Waals surface area contributed by atoms with Gasteiger partial charge in [0.25, 0.3) is 0 Å². The summed E-state index contributed by atoms with van der Waals surface area (Å²) >= 11 is 0. The van der Waals surface area contributed by atoms with Crippen molar-refractivity contribution in [2.24, 2.45) is 4.99 Å². The average Bonchev–Trinajstić information content (AvgIpc) is 3.39. The molecule has 1 saturated heterocycles. The van der Waals surface area contributed by atoms with Crippen LogP contribution in [0.4, 0.5) is 8.78 Å². The topological polar surface area (TPSA) is 47.9 Å². The summed E-state index contributed by atoms with van der Waals surface area (Å²) in [5, 5.41) is 3.13. The van der Waals surface area contributed by atoms with Gasteiger partial charge in [-0.1, -0.05) is 0 Å². The first-order valence-corrected chi connectivity index (χ1v) is 8.35. The third-order valence-corrected chi connectivity index (χ3v) is 4.29. The molecule has 2 aliphatic rings. The molecule has 0 radical (unpaired) electrons. The molecular formula is C17H23F2IN4O. The van der Waals surface area contributed by atoms with Crippen LogP contribution in [0.1, 0.15) is 25.3 Å². The molecule has 25 heavy (non-hydrogen) atoms. The van der Waals surface area contributed by atoms with E-state index in [0.29, 0.717) is 31.6 Å². The first-order valence-electron chi connectivity index (χ1n) is 8.35. The minimum absolute atomic E-state index is 0. The summed E-state index contributed by atoms with van der Waals surface area (Å²) in [4.78, 5) is 20.5. The zero-order valence-corrected chi connectivity index (χ0v) is 16.5. The van der Waals surface area contributed by atoms with Gasteiger partial charge in [-0.3, -0.25) is 4.79 Å². The molecule has 1 aromatic rings. The fourth-order valence-electron chi connectivity index (χ4n) is 2.89. The quantitative estimate of drug-likeness (QED) is 0.423. The summed E-state index contributed by atoms with van der Waals surface area (Å²) in [6, 6.07) is 3.76. The first-order chi connectivity index (χ1) is 11.6. The summed E-state index contributed by atoms with van der Waals surface area (Å²) in [6.07, 6.45) is 2.19. The van der Waals surface area contributed by atoms with Crippen molar-refractivity contribution in [2.75, 3.05) is 26.2 Å². The van der Waals surface area contributed by atoms with Crippen molar-refractivity contribution in [3.05, 3.63) is 35.4 Å². The predicted molar refractivity (Wildman–Crippen MR) is 103 cm³/mol. The third kappa shape index (κ3) is 5.02. The van der Waals surface area contributed by atoms with Crippen LogP contribution in [0, 0.1) is 11.6 Å². The maximum Gasteiger partial charge on any atom is 0.242 e. The molecule has 0 bridgehead atoms. The maximum atomic E-state index is 13.7. The van der Waals surface area contributed by atoms with E-state index in [9.17, 15) is 13.6 Å². The highest BCUT2D eigenvalue weighted by molar-refractivity contribution is 14.0. The molecule has 5 nitrogen and oxygen atoms in total. The summed E-state index contributed by atoms with van der Waals surface area (Å²) in [5.41, 5.74) is 0.202. The highest BCUT2D eigenvalue weighted by Crippen LogP contribution is 2.28. The minimum atomic E-state index is -0.486. The molecule has 1 aliphatic carbocycles. The van der Waals surface area contributed by atoms with Crippen LogP contribution in [0.2, 0.25) is 0 Å². The summed E-state index contributed by atoms with van der Waals surface area (Å²) < 4.78 is 27.0. The number of carbonyl (C=O) groups excluding carboxylic acids is 1. The second-order valence-electron chi connectivity index (χ2n) is 6.15. The molecule has 0 atom stereocenters. The van der Waals surface area contributed by atoms with Crippen molar-refractivity contribution in [1.82, 2.24) is 15.1 Å². The number of amides is 1. The summed E-state index contributed by atoms with van der Waals surface area (Å²) in [7, 11) is 0. The zero-order valence-electron chi connectivity index (χ0n) is 14.2. The van der Waals surface area contributed by atoms with Gasteiger partial charge >= 0.3 is 0 Å². The molecule has 0 aromatic heterocycles. The Hall–Kier alpha value is -1.45. The number of nitrogens with zero attached hydrogens (tertiary/aromatic N) is 3. The molecular weight excluding hydrogens is 441 g/mol. The molecule has 1 aliphatic heterocycles. The van der Waals surface area contributed by atoms with Crippen molar-refractivity contribution in [2.45, 2.75) is 32.4 Å². The standard InChI is InChI=1S/C17H22F2N4O.HI/c1-2-20-17(21-10-12-9-13(18)3-6-15(12)19)22-7-8-23(14-4-5-14)16(24)11-22;/h3,6,9,14H,2,4-5,7-8,10-11H2,1H3,(H,20,21);1H. The number of carbonyl (C=O) groups is 1. The largest absolute Gasteiger partial charge is 0.356 e. The number of hydrogen-bond acceptors (Lipinski definition) is 2. The van der Waals surface area contributed by atoms with E-state index in [-0.39, 0.29) is 48.5 Å². The highest BCUT2D eigenvalue weighted by atomic mass is 127. The number of aliphatic imine (C=N–C) groups is 1. The Labute approximate surface area is 163 Å². The third-order valence-electron chi connectivity index (χ3n) is 4.29. The summed E-state index contributed by atoms with van der Waals surface area (Å²) in [6.45, 7) is 4.25. The Kier molecular flexibility index (Phi) is 6.97. The number of rotatable bonds is 4. The normalized spacial score (nSPS) is 18.2. The number of piperazine rings is 1. The smallest absolute Gasteiger partial charge is 0.242 e. The van der Waals surface area contributed by atoms with Gasteiger partial charge in [-0.05, 0) is 38.0 Å². The van der Waals surface area contributed by atoms with Crippen LogP contribution < -0.4 is 5.32 Å². The number of hydrogen-bond donors (Lipinski definition) is 1. The van der Waals surface area contributed by atoms with Crippen molar-refractivity contribution < 1.29 is 13.6 Å². The monoisotopic (exact) mass is 464 g/mol. The zero-order chi connectivity index (χ0) is 17.1. The Balaban J connectivity index is 0.00000225. The SMILES string of the molecule is CCNC(=NCc1cc(F)ccc1F)N1CCN(C2CC2)C(=O)C1.I. The number of guanidine groups is 1. The van der Waals surface area contributed by atoms with E-state index in [0.717, 1.165) is 31.0 Å². The minimum Gasteiger partial charge on any atom is -0.356 e. The van der Waals surface area contributed by atoms with E-state index in [2.05, 4.69) is 10.3 Å². The molecule has 1 N–H and O–H groups in total. The molecule has 1 saturated carbocycles. The van der Waals surface area contributed by atoms with Gasteiger partial charge in [0.2, 0.25) is 5.91 Å². The lowest BCUT2D eigenvalue weighted by Crippen LogP contribution is -2.55. The maximum absolute atomic E-state index is 13.7. The van der Waals surface area contributed by atoms with E-state index in [1.807, 2.05) is 16.7 Å². The van der Waals surface area contributed by atoms with Crippen molar-refractivity contribution in [1.29, 1.82) is 0 Å². The molecule has 3 rings (SSSR count). The second kappa shape index (κ2) is 8.77. The Morgan fingerprint density at radius 2 is 2.08 bits per heavy atom. The molecule has 1 heterocycles. The second-order valence-corrected chi connectivity index (χ2v) is 6.15. The van der Waals surface area contributed by atoms with Gasteiger partial charge in [0.15, 0.2) is 5.96 Å². The van der Waals surface area contributed by atoms with E-state index in [1.165, 1.54) is 0 Å². The molecule has 0 spiro atoms. The Morgan fingerprint density at radius 1 is 1.32 bits per heavy atom. The van der Waals surface area contributed by atoms with Gasteiger partial charge in [0, 0.05) is 31.2 Å². The van der Waals surface area contributed by atoms with Crippen LogP contribution in [0.25, 0.3) is 0 Å². The lowest BCUT2D eigenvalue weighted by atomic mass is 10.2. The van der Waals surface area contributed by atoms with Crippen LogP contribution in [-0.2, 0) is 11.3 Å². The molecule has 0 unspecified atom stereocenters. The Bertz CT molecular complexity index is 652. The fraction of sp³-hybridized carbons (Fsp3) is 0.529. The van der Waals surface area contributed by atoms with Crippen LogP contribution in [0.15, 0.2) is 23.2 Å². The van der Waals surface area contributed by atoms with E-state index < -0.39 is 11.6 Å². The van der Waals surface area contributed by atoms with Gasteiger partial charge in [0.1, 0.15) is 11.6 Å². The summed E-state index contributed by atoms with van der Waals surface area (Å²) in [5.74, 6) is -0.304. The lowest BCUT2D eigenvalue weighted by molar-refractivity contribution is -0.135. The number of nitrogens with one attached hydrogen (secondary N) is 1. The fourth-order valence-corrected chi connectivity index (χ4v) is 2.89. The lowest BCUT2D eigenvalue weighted by Gasteiger charge is -2.36. The first kappa shape index (κ1) is 19.9. The van der Waals surface area contributed by atoms with Gasteiger partial charge in [0.05, 0.1) is 13.1 Å². The number of benzene rings is 1. The van der Waals surface area contributed by atoms with Crippen LogP contribution in [0.5, 0.6) is 0 Å². The number of halogens is 3. The molecule has 8 heteroatoms. The highest BCUT2D eigenvalue weighted by Gasteiger charge is 2.36. The van der Waals surface area contributed by atoms with E-state index in [4.69, 9.17) is 0 Å². The molecule has 1 aromatic carbocycles. The molecule has 138 valence electrons. The average molecular weight is 464 g/mol.